The molecule has 4 aromatic rings. The minimum absolute atomic E-state index is 0.0191. The zero-order valence-corrected chi connectivity index (χ0v) is 15.7. The van der Waals surface area contributed by atoms with Crippen LogP contribution >= 0.6 is 0 Å². The second-order valence-electron chi connectivity index (χ2n) is 7.26. The summed E-state index contributed by atoms with van der Waals surface area (Å²) in [6, 6.07) is 19.6. The van der Waals surface area contributed by atoms with Crippen LogP contribution in [0.25, 0.3) is 16.6 Å². The molecule has 144 valence electrons. The van der Waals surface area contributed by atoms with Gasteiger partial charge in [-0.2, -0.15) is 0 Å². The van der Waals surface area contributed by atoms with Crippen LogP contribution in [-0.2, 0) is 0 Å². The number of aromatic nitrogens is 3. The molecular formula is C23H19FN4O. The number of amides is 1. The van der Waals surface area contributed by atoms with E-state index in [1.807, 2.05) is 59.6 Å². The third kappa shape index (κ3) is 3.16. The number of carbonyl (C=O) groups is 1. The van der Waals surface area contributed by atoms with Gasteiger partial charge in [-0.3, -0.25) is 4.79 Å². The van der Waals surface area contributed by atoms with Gasteiger partial charge >= 0.3 is 0 Å². The molecule has 5 nitrogen and oxygen atoms in total. The molecule has 2 aromatic carbocycles. The smallest absolute Gasteiger partial charge is 0.254 e. The monoisotopic (exact) mass is 386 g/mol. The van der Waals surface area contributed by atoms with Crippen molar-refractivity contribution >= 4 is 11.4 Å². The van der Waals surface area contributed by atoms with Gasteiger partial charge in [-0.15, -0.1) is 5.10 Å². The van der Waals surface area contributed by atoms with Crippen LogP contribution in [0.5, 0.6) is 0 Å². The van der Waals surface area contributed by atoms with E-state index in [1.165, 1.54) is 12.1 Å². The maximum absolute atomic E-state index is 13.6. The quantitative estimate of drug-likeness (QED) is 0.520. The number of benzene rings is 2. The molecule has 29 heavy (non-hydrogen) atoms. The summed E-state index contributed by atoms with van der Waals surface area (Å²) in [6.07, 6.45) is 3.64. The fraction of sp³-hybridized carbons (Fsp3) is 0.174. The van der Waals surface area contributed by atoms with Gasteiger partial charge in [-0.25, -0.2) is 8.91 Å². The Hall–Kier alpha value is -3.54. The molecule has 2 aromatic heterocycles. The van der Waals surface area contributed by atoms with Gasteiger partial charge in [-0.1, -0.05) is 41.6 Å². The Balaban J connectivity index is 1.49. The molecule has 1 fully saturated rings. The number of hydrogen-bond acceptors (Lipinski definition) is 3. The first kappa shape index (κ1) is 17.6. The van der Waals surface area contributed by atoms with E-state index in [9.17, 15) is 9.18 Å². The molecule has 1 amide bonds. The molecule has 0 bridgehead atoms. The average molecular weight is 386 g/mol. The van der Waals surface area contributed by atoms with Crippen LogP contribution < -0.4 is 0 Å². The first-order valence-corrected chi connectivity index (χ1v) is 9.67. The number of pyridine rings is 1. The summed E-state index contributed by atoms with van der Waals surface area (Å²) in [4.78, 5) is 14.9. The number of fused-ring (bicyclic) bond motifs is 1. The van der Waals surface area contributed by atoms with Crippen molar-refractivity contribution in [1.82, 2.24) is 19.7 Å². The maximum atomic E-state index is 13.6. The van der Waals surface area contributed by atoms with Crippen molar-refractivity contribution < 1.29 is 9.18 Å². The maximum Gasteiger partial charge on any atom is 0.254 e. The molecule has 0 N–H and O–H groups in total. The lowest BCUT2D eigenvalue weighted by atomic mass is 10.1. The molecule has 1 unspecified atom stereocenters. The average Bonchev–Trinajstić information content (AvgIpc) is 3.40. The molecule has 1 saturated heterocycles. The zero-order valence-electron chi connectivity index (χ0n) is 15.7. The molecule has 0 aliphatic carbocycles. The van der Waals surface area contributed by atoms with Gasteiger partial charge in [0.25, 0.3) is 5.91 Å². The molecule has 1 atom stereocenters. The van der Waals surface area contributed by atoms with Crippen molar-refractivity contribution in [3.8, 4) is 11.1 Å². The predicted molar refractivity (Wildman–Crippen MR) is 108 cm³/mol. The van der Waals surface area contributed by atoms with Crippen LogP contribution in [0.3, 0.4) is 0 Å². The van der Waals surface area contributed by atoms with Crippen LogP contribution in [0.1, 0.15) is 34.9 Å². The summed E-state index contributed by atoms with van der Waals surface area (Å²) in [5.74, 6) is -0.256. The third-order valence-electron chi connectivity index (χ3n) is 5.45. The van der Waals surface area contributed by atoms with E-state index in [-0.39, 0.29) is 17.8 Å². The molecule has 0 spiro atoms. The lowest BCUT2D eigenvalue weighted by Crippen LogP contribution is -2.30. The van der Waals surface area contributed by atoms with E-state index < -0.39 is 0 Å². The summed E-state index contributed by atoms with van der Waals surface area (Å²) in [6.45, 7) is 0.707. The Morgan fingerprint density at radius 3 is 2.69 bits per heavy atom. The molecule has 1 aliphatic rings. The van der Waals surface area contributed by atoms with E-state index in [1.54, 1.807) is 10.6 Å². The fourth-order valence-corrected chi connectivity index (χ4v) is 4.03. The molecule has 5 rings (SSSR count). The van der Waals surface area contributed by atoms with E-state index in [4.69, 9.17) is 0 Å². The van der Waals surface area contributed by atoms with Crippen LogP contribution in [0, 0.1) is 5.82 Å². The lowest BCUT2D eigenvalue weighted by Gasteiger charge is -2.23. The van der Waals surface area contributed by atoms with Gasteiger partial charge in [0.1, 0.15) is 11.5 Å². The number of likely N-dealkylation sites (tertiary alicyclic amines) is 1. The van der Waals surface area contributed by atoms with Gasteiger partial charge in [0.15, 0.2) is 0 Å². The number of rotatable bonds is 3. The highest BCUT2D eigenvalue weighted by Crippen LogP contribution is 2.34. The Labute approximate surface area is 167 Å². The number of nitrogens with zero attached hydrogens (tertiary/aromatic N) is 4. The van der Waals surface area contributed by atoms with Crippen molar-refractivity contribution in [3.63, 3.8) is 0 Å². The molecular weight excluding hydrogens is 367 g/mol. The summed E-state index contributed by atoms with van der Waals surface area (Å²) < 4.78 is 15.3. The van der Waals surface area contributed by atoms with Crippen LogP contribution in [0.15, 0.2) is 72.9 Å². The van der Waals surface area contributed by atoms with Crippen molar-refractivity contribution in [3.05, 3.63) is 90.0 Å². The van der Waals surface area contributed by atoms with Gasteiger partial charge < -0.3 is 4.90 Å². The first-order chi connectivity index (χ1) is 14.2. The minimum atomic E-state index is -0.275. The molecule has 0 saturated carbocycles. The number of carbonyl (C=O) groups excluding carboxylic acids is 1. The van der Waals surface area contributed by atoms with Crippen molar-refractivity contribution in [1.29, 1.82) is 0 Å². The second-order valence-corrected chi connectivity index (χ2v) is 7.26. The zero-order chi connectivity index (χ0) is 19.8. The highest BCUT2D eigenvalue weighted by molar-refractivity contribution is 5.94. The number of hydrogen-bond donors (Lipinski definition) is 0. The topological polar surface area (TPSA) is 50.5 Å². The summed E-state index contributed by atoms with van der Waals surface area (Å²) in [5, 5.41) is 8.67. The lowest BCUT2D eigenvalue weighted by molar-refractivity contribution is 0.0734. The molecule has 6 heteroatoms. The molecule has 3 heterocycles. The Morgan fingerprint density at radius 2 is 1.86 bits per heavy atom. The highest BCUT2D eigenvalue weighted by atomic mass is 19.1. The van der Waals surface area contributed by atoms with Gasteiger partial charge in [-0.05, 0) is 48.7 Å². The van der Waals surface area contributed by atoms with E-state index in [0.717, 1.165) is 35.2 Å². The fourth-order valence-electron chi connectivity index (χ4n) is 4.03. The predicted octanol–water partition coefficient (Wildman–Crippen LogP) is 4.51. The van der Waals surface area contributed by atoms with Crippen molar-refractivity contribution in [2.24, 2.45) is 0 Å². The van der Waals surface area contributed by atoms with Crippen LogP contribution in [0.4, 0.5) is 4.39 Å². The van der Waals surface area contributed by atoms with Crippen LogP contribution in [0.2, 0.25) is 0 Å². The normalized spacial score (nSPS) is 16.4. The Bertz CT molecular complexity index is 1190. The van der Waals surface area contributed by atoms with Crippen molar-refractivity contribution in [2.45, 2.75) is 18.9 Å². The van der Waals surface area contributed by atoms with Gasteiger partial charge in [0.2, 0.25) is 0 Å². The standard InChI is InChI=1S/C23H19FN4O/c24-19-9-4-8-17(14-19)18-11-12-21-22(25-26-28(21)15-18)20-10-5-13-27(20)23(29)16-6-2-1-3-7-16/h1-4,6-9,11-12,14-15,20H,5,10,13H2. The van der Waals surface area contributed by atoms with Gasteiger partial charge in [0.05, 0.1) is 11.6 Å². The SMILES string of the molecule is O=C(c1ccccc1)N1CCCC1c1nnn2cc(-c3cccc(F)c3)ccc12. The van der Waals surface area contributed by atoms with Crippen LogP contribution in [-0.4, -0.2) is 32.2 Å². The second kappa shape index (κ2) is 7.13. The van der Waals surface area contributed by atoms with E-state index in [2.05, 4.69) is 10.3 Å². The summed E-state index contributed by atoms with van der Waals surface area (Å²) in [7, 11) is 0. The Morgan fingerprint density at radius 1 is 1.00 bits per heavy atom. The molecule has 1 aliphatic heterocycles. The molecule has 0 radical (unpaired) electrons. The summed E-state index contributed by atoms with van der Waals surface area (Å²) in [5.41, 5.74) is 3.99. The third-order valence-corrected chi connectivity index (χ3v) is 5.45. The first-order valence-electron chi connectivity index (χ1n) is 9.67. The minimum Gasteiger partial charge on any atom is -0.330 e. The number of halogens is 1. The van der Waals surface area contributed by atoms with Gasteiger partial charge in [0, 0.05) is 23.9 Å². The van der Waals surface area contributed by atoms with E-state index in [0.29, 0.717) is 12.1 Å². The Kier molecular flexibility index (Phi) is 4.31. The van der Waals surface area contributed by atoms with Crippen molar-refractivity contribution in [2.75, 3.05) is 6.54 Å². The van der Waals surface area contributed by atoms with E-state index >= 15 is 0 Å². The summed E-state index contributed by atoms with van der Waals surface area (Å²) >= 11 is 0. The highest BCUT2D eigenvalue weighted by Gasteiger charge is 2.33. The largest absolute Gasteiger partial charge is 0.330 e.